The summed E-state index contributed by atoms with van der Waals surface area (Å²) in [6.45, 7) is 0.166. The van der Waals surface area contributed by atoms with Crippen molar-refractivity contribution >= 4 is 34.0 Å². The molecule has 0 aromatic heterocycles. The molecule has 0 aliphatic heterocycles. The van der Waals surface area contributed by atoms with Crippen LogP contribution in [0.3, 0.4) is 0 Å². The van der Waals surface area contributed by atoms with Crippen molar-refractivity contribution in [3.8, 4) is 0 Å². The summed E-state index contributed by atoms with van der Waals surface area (Å²) in [5.74, 6) is -2.26. The van der Waals surface area contributed by atoms with Crippen molar-refractivity contribution in [2.24, 2.45) is 0 Å². The van der Waals surface area contributed by atoms with Gasteiger partial charge in [0.15, 0.2) is 22.2 Å². The van der Waals surface area contributed by atoms with Gasteiger partial charge < -0.3 is 19.7 Å². The molecule has 16 heavy (non-hydrogen) atoms. The van der Waals surface area contributed by atoms with E-state index in [4.69, 9.17) is 9.11 Å². The molecule has 2 atom stereocenters. The lowest BCUT2D eigenvalue weighted by Gasteiger charge is -2.05. The molecule has 4 N–H and O–H groups in total. The van der Waals surface area contributed by atoms with Crippen molar-refractivity contribution in [3.05, 3.63) is 0 Å². The number of hydrogen-bond acceptors (Lipinski definition) is 4. The van der Waals surface area contributed by atoms with Gasteiger partial charge in [0.1, 0.15) is 11.5 Å². The minimum Gasteiger partial charge on any atom is -0.353 e. The summed E-state index contributed by atoms with van der Waals surface area (Å²) in [6.07, 6.45) is 0. The van der Waals surface area contributed by atoms with Crippen molar-refractivity contribution in [1.82, 2.24) is 10.6 Å². The van der Waals surface area contributed by atoms with Gasteiger partial charge >= 0.3 is 0 Å². The van der Waals surface area contributed by atoms with Gasteiger partial charge in [0.25, 0.3) is 0 Å². The maximum Gasteiger partial charge on any atom is 0.235 e. The van der Waals surface area contributed by atoms with Crippen molar-refractivity contribution in [2.45, 2.75) is 0 Å². The number of hydrogen-bond donors (Lipinski definition) is 4. The van der Waals surface area contributed by atoms with Crippen LogP contribution < -0.4 is 10.6 Å². The largest absolute Gasteiger partial charge is 0.353 e. The highest BCUT2D eigenvalue weighted by Crippen LogP contribution is 1.75. The van der Waals surface area contributed by atoms with Gasteiger partial charge in [0.05, 0.1) is 0 Å². The fraction of sp³-hybridized carbons (Fsp3) is 0.667. The average molecular weight is 272 g/mol. The monoisotopic (exact) mass is 272 g/mol. The molecule has 0 heterocycles. The lowest BCUT2D eigenvalue weighted by Crippen LogP contribution is -2.37. The van der Waals surface area contributed by atoms with Crippen LogP contribution in [0.15, 0.2) is 0 Å². The highest BCUT2D eigenvalue weighted by molar-refractivity contribution is 7.80. The van der Waals surface area contributed by atoms with Gasteiger partial charge in [-0.2, -0.15) is 0 Å². The Morgan fingerprint density at radius 2 is 1.19 bits per heavy atom. The number of rotatable bonds is 7. The van der Waals surface area contributed by atoms with Gasteiger partial charge in [-0.25, -0.2) is 8.42 Å². The van der Waals surface area contributed by atoms with Crippen LogP contribution in [-0.4, -0.2) is 53.9 Å². The lowest BCUT2D eigenvalue weighted by molar-refractivity contribution is -0.120. The third kappa shape index (κ3) is 9.71. The van der Waals surface area contributed by atoms with Gasteiger partial charge in [-0.1, -0.05) is 0 Å². The molecule has 0 rings (SSSR count). The Kier molecular flexibility index (Phi) is 7.89. The predicted octanol–water partition coefficient (Wildman–Crippen LogP) is -2.34. The second-order valence-corrected chi connectivity index (χ2v) is 4.49. The Labute approximate surface area is 96.7 Å². The summed E-state index contributed by atoms with van der Waals surface area (Å²) in [5, 5.41) is 4.56. The summed E-state index contributed by atoms with van der Waals surface area (Å²) in [5.41, 5.74) is 0. The Balaban J connectivity index is 3.53. The number of nitrogens with one attached hydrogen (secondary N) is 2. The summed E-state index contributed by atoms with van der Waals surface area (Å²) in [7, 11) is 0. The van der Waals surface area contributed by atoms with E-state index in [0.29, 0.717) is 0 Å². The van der Waals surface area contributed by atoms with Crippen LogP contribution in [0.5, 0.6) is 0 Å². The molecule has 8 nitrogen and oxygen atoms in total. The quantitative estimate of drug-likeness (QED) is 0.303. The molecule has 0 aliphatic rings. The topological polar surface area (TPSA) is 133 Å². The van der Waals surface area contributed by atoms with E-state index in [9.17, 15) is 18.0 Å². The Morgan fingerprint density at radius 1 is 0.875 bits per heavy atom. The Morgan fingerprint density at radius 3 is 1.44 bits per heavy atom. The molecule has 2 unspecified atom stereocenters. The van der Waals surface area contributed by atoms with E-state index >= 15 is 0 Å². The maximum atomic E-state index is 10.8. The Bertz CT molecular complexity index is 277. The zero-order valence-electron chi connectivity index (χ0n) is 8.17. The van der Waals surface area contributed by atoms with Gasteiger partial charge in [-0.3, -0.25) is 9.59 Å². The summed E-state index contributed by atoms with van der Waals surface area (Å²) < 4.78 is 37.1. The Hall–Kier alpha value is -0.840. The van der Waals surface area contributed by atoms with Crippen LogP contribution in [0.4, 0.5) is 0 Å². The zero-order valence-corrected chi connectivity index (χ0v) is 9.81. The summed E-state index contributed by atoms with van der Waals surface area (Å²) >= 11 is -4.38. The first kappa shape index (κ1) is 15.2. The van der Waals surface area contributed by atoms with E-state index in [1.165, 1.54) is 0 Å². The van der Waals surface area contributed by atoms with Gasteiger partial charge in [0.2, 0.25) is 11.8 Å². The van der Waals surface area contributed by atoms with Crippen LogP contribution in [0.25, 0.3) is 0 Å². The second-order valence-electron chi connectivity index (χ2n) is 2.63. The molecule has 0 spiro atoms. The van der Waals surface area contributed by atoms with Crippen molar-refractivity contribution in [3.63, 3.8) is 0 Å². The highest BCUT2D eigenvalue weighted by Gasteiger charge is 2.06. The SMILES string of the molecule is O=C(CS(=O)O)NCCNC(=O)CS(=O)O. The molecule has 0 bridgehead atoms. The fourth-order valence-electron chi connectivity index (χ4n) is 0.730. The summed E-state index contributed by atoms with van der Waals surface area (Å²) in [4.78, 5) is 21.6. The van der Waals surface area contributed by atoms with Gasteiger partial charge in [0, 0.05) is 13.1 Å². The van der Waals surface area contributed by atoms with Crippen LogP contribution in [-0.2, 0) is 31.7 Å². The average Bonchev–Trinajstić information content (AvgIpc) is 2.10. The van der Waals surface area contributed by atoms with E-state index in [1.807, 2.05) is 0 Å². The molecular formula is C6H12N2O6S2. The number of carbonyl (C=O) groups is 2. The lowest BCUT2D eigenvalue weighted by atomic mass is 10.5. The maximum absolute atomic E-state index is 10.8. The number of carbonyl (C=O) groups excluding carboxylic acids is 2. The molecule has 0 radical (unpaired) electrons. The number of amides is 2. The minimum absolute atomic E-state index is 0.0832. The smallest absolute Gasteiger partial charge is 0.235 e. The van der Waals surface area contributed by atoms with Crippen LogP contribution in [0, 0.1) is 0 Å². The van der Waals surface area contributed by atoms with Crippen molar-refractivity contribution in [2.75, 3.05) is 24.6 Å². The minimum atomic E-state index is -2.19. The molecule has 94 valence electrons. The summed E-state index contributed by atoms with van der Waals surface area (Å²) in [6, 6.07) is 0. The van der Waals surface area contributed by atoms with Crippen molar-refractivity contribution in [1.29, 1.82) is 0 Å². The van der Waals surface area contributed by atoms with E-state index < -0.39 is 45.5 Å². The first-order valence-corrected chi connectivity index (χ1v) is 6.65. The van der Waals surface area contributed by atoms with Gasteiger partial charge in [-0.05, 0) is 0 Å². The second kappa shape index (κ2) is 8.33. The van der Waals surface area contributed by atoms with E-state index in [1.54, 1.807) is 0 Å². The van der Waals surface area contributed by atoms with Crippen LogP contribution in [0.1, 0.15) is 0 Å². The molecule has 0 saturated carbocycles. The predicted molar refractivity (Wildman–Crippen MR) is 57.3 cm³/mol. The molecule has 2 amide bonds. The van der Waals surface area contributed by atoms with Gasteiger partial charge in [-0.15, -0.1) is 0 Å². The molecule has 10 heteroatoms. The first-order chi connectivity index (χ1) is 7.41. The van der Waals surface area contributed by atoms with E-state index in [-0.39, 0.29) is 13.1 Å². The molecule has 0 fully saturated rings. The molecular weight excluding hydrogens is 260 g/mol. The van der Waals surface area contributed by atoms with E-state index in [2.05, 4.69) is 10.6 Å². The van der Waals surface area contributed by atoms with Crippen LogP contribution in [0.2, 0.25) is 0 Å². The molecule has 0 aliphatic carbocycles. The van der Waals surface area contributed by atoms with E-state index in [0.717, 1.165) is 0 Å². The third-order valence-corrected chi connectivity index (χ3v) is 2.30. The zero-order chi connectivity index (χ0) is 12.6. The molecule has 0 saturated heterocycles. The first-order valence-electron chi connectivity index (χ1n) is 4.10. The highest BCUT2D eigenvalue weighted by atomic mass is 32.2. The van der Waals surface area contributed by atoms with Crippen molar-refractivity contribution < 1.29 is 27.1 Å². The normalized spacial score (nSPS) is 13.9. The standard InChI is InChI=1S/C6H12N2O6S2/c9-5(3-15(11)12)7-1-2-8-6(10)4-16(13)14/h1-4H2,(H,7,9)(H,8,10)(H,11,12)(H,13,14). The van der Waals surface area contributed by atoms with Crippen LogP contribution >= 0.6 is 0 Å². The third-order valence-electron chi connectivity index (χ3n) is 1.28. The molecule has 0 aromatic carbocycles. The fourth-order valence-corrected chi connectivity index (χ4v) is 1.38. The molecule has 0 aromatic rings.